The number of aromatic nitrogens is 3. The monoisotopic (exact) mass is 320 g/mol. The molecule has 1 aromatic heterocycles. The first-order valence-corrected chi connectivity index (χ1v) is 7.03. The van der Waals surface area contributed by atoms with E-state index in [1.54, 1.807) is 41.6 Å². The summed E-state index contributed by atoms with van der Waals surface area (Å²) >= 11 is 0. The Morgan fingerprint density at radius 1 is 1.08 bits per heavy atom. The van der Waals surface area contributed by atoms with Crippen LogP contribution < -0.4 is 5.01 Å². The minimum atomic E-state index is -0.429. The van der Waals surface area contributed by atoms with Crippen molar-refractivity contribution in [2.24, 2.45) is 0 Å². The molecule has 3 rings (SSSR count). The van der Waals surface area contributed by atoms with Gasteiger partial charge in [-0.1, -0.05) is 12.1 Å². The number of nitriles is 1. The van der Waals surface area contributed by atoms with Gasteiger partial charge in [-0.2, -0.15) is 5.26 Å². The number of non-ortho nitro benzene ring substituents is 1. The molecule has 8 nitrogen and oxygen atoms in total. The van der Waals surface area contributed by atoms with E-state index < -0.39 is 4.92 Å². The fourth-order valence-corrected chi connectivity index (χ4v) is 2.23. The van der Waals surface area contributed by atoms with Crippen LogP contribution in [0.3, 0.4) is 0 Å². The first-order chi connectivity index (χ1) is 11.7. The van der Waals surface area contributed by atoms with Crippen LogP contribution in [0.25, 0.3) is 0 Å². The Hall–Kier alpha value is -3.73. The van der Waals surface area contributed by atoms with Crippen LogP contribution in [0.4, 0.5) is 11.4 Å². The molecule has 0 amide bonds. The zero-order valence-electron chi connectivity index (χ0n) is 12.5. The third-order valence-electron chi connectivity index (χ3n) is 3.46. The molecule has 1 heterocycles. The van der Waals surface area contributed by atoms with Crippen molar-refractivity contribution in [2.75, 3.05) is 5.01 Å². The van der Waals surface area contributed by atoms with Crippen molar-refractivity contribution in [1.29, 1.82) is 5.26 Å². The van der Waals surface area contributed by atoms with E-state index in [0.717, 1.165) is 11.3 Å². The van der Waals surface area contributed by atoms with Crippen LogP contribution in [0, 0.1) is 21.4 Å². The number of nitro benzene ring substituents is 1. The zero-order valence-corrected chi connectivity index (χ0v) is 12.5. The summed E-state index contributed by atoms with van der Waals surface area (Å²) in [6.45, 7) is 0.460. The van der Waals surface area contributed by atoms with Crippen LogP contribution in [0.15, 0.2) is 61.2 Å². The molecule has 0 spiro atoms. The van der Waals surface area contributed by atoms with E-state index in [9.17, 15) is 10.1 Å². The molecule has 0 saturated heterocycles. The summed E-state index contributed by atoms with van der Waals surface area (Å²) < 4.78 is 1.71. The van der Waals surface area contributed by atoms with Crippen molar-refractivity contribution in [2.45, 2.75) is 6.54 Å². The van der Waals surface area contributed by atoms with Gasteiger partial charge < -0.3 is 0 Å². The van der Waals surface area contributed by atoms with E-state index in [0.29, 0.717) is 12.1 Å². The molecule has 8 heteroatoms. The molecular weight excluding hydrogens is 308 g/mol. The lowest BCUT2D eigenvalue weighted by Gasteiger charge is -2.25. The van der Waals surface area contributed by atoms with Gasteiger partial charge in [0.15, 0.2) is 0 Å². The van der Waals surface area contributed by atoms with Gasteiger partial charge in [0.05, 0.1) is 28.8 Å². The molecule has 24 heavy (non-hydrogen) atoms. The molecule has 0 fully saturated rings. The van der Waals surface area contributed by atoms with Gasteiger partial charge >= 0.3 is 0 Å². The number of hydrogen-bond acceptors (Lipinski definition) is 6. The Morgan fingerprint density at radius 3 is 2.25 bits per heavy atom. The number of nitro groups is 1. The molecule has 0 radical (unpaired) electrons. The predicted octanol–water partition coefficient (Wildman–Crippen LogP) is 2.53. The second-order valence-corrected chi connectivity index (χ2v) is 4.98. The molecule has 0 atom stereocenters. The summed E-state index contributed by atoms with van der Waals surface area (Å²) in [5, 5.41) is 29.2. The third kappa shape index (κ3) is 3.20. The highest BCUT2D eigenvalue weighted by molar-refractivity contribution is 5.50. The summed E-state index contributed by atoms with van der Waals surface area (Å²) in [5.41, 5.74) is 2.34. The van der Waals surface area contributed by atoms with Crippen molar-refractivity contribution in [3.05, 3.63) is 82.4 Å². The quantitative estimate of drug-likeness (QED) is 0.529. The summed E-state index contributed by atoms with van der Waals surface area (Å²) in [7, 11) is 0. The third-order valence-corrected chi connectivity index (χ3v) is 3.46. The molecular formula is C16H12N6O2. The largest absolute Gasteiger partial charge is 0.274 e. The van der Waals surface area contributed by atoms with E-state index in [1.165, 1.54) is 12.1 Å². The SMILES string of the molecule is N#Cc1ccc(N(Cc2ccc([N+](=O)[O-])cc2)n2cnnc2)cc1. The van der Waals surface area contributed by atoms with Crippen molar-refractivity contribution in [3.8, 4) is 6.07 Å². The first kappa shape index (κ1) is 15.2. The van der Waals surface area contributed by atoms with E-state index >= 15 is 0 Å². The molecule has 3 aromatic rings. The van der Waals surface area contributed by atoms with Gasteiger partial charge in [0.2, 0.25) is 0 Å². The van der Waals surface area contributed by atoms with Crippen LogP contribution in [0.5, 0.6) is 0 Å². The van der Waals surface area contributed by atoms with Gasteiger partial charge in [0.1, 0.15) is 12.7 Å². The van der Waals surface area contributed by atoms with Gasteiger partial charge in [-0.25, -0.2) is 4.68 Å². The summed E-state index contributed by atoms with van der Waals surface area (Å²) in [6, 6.07) is 15.5. The number of rotatable bonds is 5. The topological polar surface area (TPSA) is 101 Å². The average molecular weight is 320 g/mol. The van der Waals surface area contributed by atoms with E-state index in [1.807, 2.05) is 17.1 Å². The highest BCUT2D eigenvalue weighted by atomic mass is 16.6. The van der Waals surface area contributed by atoms with Crippen molar-refractivity contribution in [1.82, 2.24) is 14.9 Å². The van der Waals surface area contributed by atoms with Crippen LogP contribution in [-0.4, -0.2) is 19.8 Å². The summed E-state index contributed by atoms with van der Waals surface area (Å²) in [4.78, 5) is 10.3. The molecule has 0 aliphatic rings. The van der Waals surface area contributed by atoms with E-state index in [4.69, 9.17) is 5.26 Å². The van der Waals surface area contributed by atoms with Gasteiger partial charge in [-0.15, -0.1) is 10.2 Å². The molecule has 0 aliphatic heterocycles. The number of nitrogens with zero attached hydrogens (tertiary/aromatic N) is 6. The maximum absolute atomic E-state index is 10.8. The van der Waals surface area contributed by atoms with Crippen LogP contribution in [0.2, 0.25) is 0 Å². The van der Waals surface area contributed by atoms with Gasteiger partial charge in [0.25, 0.3) is 5.69 Å². The standard InChI is InChI=1S/C16H12N6O2/c17-9-13-1-5-15(6-2-13)21(20-11-18-19-12-20)10-14-3-7-16(8-4-14)22(23)24/h1-8,11-12H,10H2. The fraction of sp³-hybridized carbons (Fsp3) is 0.0625. The summed E-state index contributed by atoms with van der Waals surface area (Å²) in [6.07, 6.45) is 3.12. The van der Waals surface area contributed by atoms with Gasteiger partial charge in [-0.05, 0) is 29.8 Å². The van der Waals surface area contributed by atoms with Crippen molar-refractivity contribution in [3.63, 3.8) is 0 Å². The first-order valence-electron chi connectivity index (χ1n) is 7.03. The molecule has 2 aromatic carbocycles. The second-order valence-electron chi connectivity index (χ2n) is 4.98. The maximum Gasteiger partial charge on any atom is 0.269 e. The average Bonchev–Trinajstić information content (AvgIpc) is 3.14. The minimum Gasteiger partial charge on any atom is -0.274 e. The molecule has 0 bridgehead atoms. The van der Waals surface area contributed by atoms with Crippen molar-refractivity contribution >= 4 is 11.4 Å². The van der Waals surface area contributed by atoms with E-state index in [-0.39, 0.29) is 5.69 Å². The minimum absolute atomic E-state index is 0.0490. The molecule has 0 N–H and O–H groups in total. The summed E-state index contributed by atoms with van der Waals surface area (Å²) in [5.74, 6) is 0. The lowest BCUT2D eigenvalue weighted by molar-refractivity contribution is -0.384. The Balaban J connectivity index is 1.90. The molecule has 0 aliphatic carbocycles. The van der Waals surface area contributed by atoms with Crippen LogP contribution >= 0.6 is 0 Å². The normalized spacial score (nSPS) is 10.1. The Labute approximate surface area is 137 Å². The highest BCUT2D eigenvalue weighted by Crippen LogP contribution is 2.20. The Morgan fingerprint density at radius 2 is 1.71 bits per heavy atom. The number of hydrogen-bond donors (Lipinski definition) is 0. The fourth-order valence-electron chi connectivity index (χ4n) is 2.23. The lowest BCUT2D eigenvalue weighted by Crippen LogP contribution is -2.27. The Kier molecular flexibility index (Phi) is 4.16. The van der Waals surface area contributed by atoms with Crippen LogP contribution in [0.1, 0.15) is 11.1 Å². The smallest absolute Gasteiger partial charge is 0.269 e. The van der Waals surface area contributed by atoms with Crippen molar-refractivity contribution < 1.29 is 4.92 Å². The highest BCUT2D eigenvalue weighted by Gasteiger charge is 2.11. The maximum atomic E-state index is 10.8. The predicted molar refractivity (Wildman–Crippen MR) is 85.9 cm³/mol. The number of benzene rings is 2. The molecule has 118 valence electrons. The molecule has 0 unspecified atom stereocenters. The van der Waals surface area contributed by atoms with Gasteiger partial charge in [-0.3, -0.25) is 15.1 Å². The van der Waals surface area contributed by atoms with Gasteiger partial charge in [0, 0.05) is 12.1 Å². The Bertz CT molecular complexity index is 866. The number of anilines is 1. The lowest BCUT2D eigenvalue weighted by atomic mass is 10.2. The molecule has 0 saturated carbocycles. The van der Waals surface area contributed by atoms with Crippen LogP contribution in [-0.2, 0) is 6.54 Å². The second kappa shape index (κ2) is 6.58. The zero-order chi connectivity index (χ0) is 16.9. The van der Waals surface area contributed by atoms with E-state index in [2.05, 4.69) is 16.3 Å².